The summed E-state index contributed by atoms with van der Waals surface area (Å²) in [5.41, 5.74) is -2.94. The van der Waals surface area contributed by atoms with E-state index in [2.05, 4.69) is 10.7 Å². The Morgan fingerprint density at radius 1 is 1.58 bits per heavy atom. The van der Waals surface area contributed by atoms with E-state index >= 15 is 0 Å². The molecule has 0 aliphatic rings. The highest BCUT2D eigenvalue weighted by Gasteiger charge is 2.57. The zero-order chi connectivity index (χ0) is 9.99. The van der Waals surface area contributed by atoms with E-state index in [1.54, 1.807) is 0 Å². The van der Waals surface area contributed by atoms with Crippen LogP contribution in [-0.2, 0) is 9.63 Å². The van der Waals surface area contributed by atoms with Crippen LogP contribution >= 0.6 is 0 Å². The monoisotopic (exact) mass is 187 g/mol. The van der Waals surface area contributed by atoms with E-state index in [-0.39, 0.29) is 0 Å². The van der Waals surface area contributed by atoms with Crippen molar-refractivity contribution in [2.45, 2.75) is 13.1 Å². The van der Waals surface area contributed by atoms with Gasteiger partial charge in [-0.1, -0.05) is 0 Å². The van der Waals surface area contributed by atoms with Crippen molar-refractivity contribution in [3.63, 3.8) is 0 Å². The van der Waals surface area contributed by atoms with Crippen LogP contribution in [0.4, 0.5) is 13.2 Å². The van der Waals surface area contributed by atoms with Gasteiger partial charge in [-0.25, -0.2) is 5.90 Å². The molecule has 4 nitrogen and oxygen atoms in total. The molecule has 1 atom stereocenters. The zero-order valence-corrected chi connectivity index (χ0v) is 6.18. The average molecular weight is 187 g/mol. The highest BCUT2D eigenvalue weighted by molar-refractivity contribution is 5.75. The van der Waals surface area contributed by atoms with Crippen LogP contribution in [0, 0.1) is 5.41 Å². The van der Waals surface area contributed by atoms with Crippen molar-refractivity contribution in [1.29, 1.82) is 0 Å². The summed E-state index contributed by atoms with van der Waals surface area (Å²) >= 11 is 0. The molecule has 0 radical (unpaired) electrons. The molecule has 0 aromatic rings. The normalized spacial score (nSPS) is 17.1. The second kappa shape index (κ2) is 3.28. The van der Waals surface area contributed by atoms with E-state index in [0.717, 1.165) is 0 Å². The molecule has 0 rings (SSSR count). The second-order valence-electron chi connectivity index (χ2n) is 2.45. The molecule has 0 heterocycles. The fourth-order valence-electron chi connectivity index (χ4n) is 0.431. The van der Waals surface area contributed by atoms with Crippen LogP contribution in [0.3, 0.4) is 0 Å². The van der Waals surface area contributed by atoms with Crippen molar-refractivity contribution in [3.8, 4) is 0 Å². The summed E-state index contributed by atoms with van der Waals surface area (Å²) in [7, 11) is 0. The summed E-state index contributed by atoms with van der Waals surface area (Å²) < 4.78 is 36.1. The third-order valence-corrected chi connectivity index (χ3v) is 1.47. The molecule has 0 spiro atoms. The van der Waals surface area contributed by atoms with Crippen LogP contribution in [0.1, 0.15) is 6.92 Å². The molecule has 7 heteroatoms. The second-order valence-corrected chi connectivity index (χ2v) is 2.45. The van der Waals surface area contributed by atoms with Gasteiger partial charge in [0.1, 0.15) is 0 Å². The first kappa shape index (κ1) is 11.2. The van der Waals surface area contributed by atoms with Crippen LogP contribution in [0.2, 0.25) is 0 Å². The Labute approximate surface area is 66.1 Å². The summed E-state index contributed by atoms with van der Waals surface area (Å²) in [6, 6.07) is 0. The number of hydrogen-bond acceptors (Lipinski definition) is 3. The van der Waals surface area contributed by atoms with Gasteiger partial charge in [0.2, 0.25) is 0 Å². The van der Waals surface area contributed by atoms with E-state index in [0.29, 0.717) is 6.92 Å². The lowest BCUT2D eigenvalue weighted by molar-refractivity contribution is -0.239. The minimum Gasteiger partial charge on any atom is -0.481 e. The molecule has 72 valence electrons. The Hall–Kier alpha value is -0.820. The third kappa shape index (κ3) is 1.86. The standard InChI is InChI=1S/C5H8F3NO3/c1-4(2-12-9,3(10)11)5(6,7)8/h2,9H2,1H3,(H,10,11). The fraction of sp³-hybridized carbons (Fsp3) is 0.800. The van der Waals surface area contributed by atoms with E-state index in [1.807, 2.05) is 0 Å². The first-order valence-electron chi connectivity index (χ1n) is 2.87. The highest BCUT2D eigenvalue weighted by atomic mass is 19.4. The van der Waals surface area contributed by atoms with E-state index in [1.165, 1.54) is 0 Å². The number of aliphatic carboxylic acids is 1. The van der Waals surface area contributed by atoms with Gasteiger partial charge in [-0.3, -0.25) is 4.79 Å². The van der Waals surface area contributed by atoms with Gasteiger partial charge in [0.25, 0.3) is 0 Å². The van der Waals surface area contributed by atoms with Gasteiger partial charge < -0.3 is 9.94 Å². The van der Waals surface area contributed by atoms with Crippen molar-refractivity contribution in [3.05, 3.63) is 0 Å². The van der Waals surface area contributed by atoms with Gasteiger partial charge in [-0.05, 0) is 6.92 Å². The number of rotatable bonds is 3. The molecule has 0 aromatic heterocycles. The predicted molar refractivity (Wildman–Crippen MR) is 31.9 cm³/mol. The SMILES string of the molecule is CC(CON)(C(=O)O)C(F)(F)F. The Balaban J connectivity index is 4.75. The molecule has 0 aliphatic heterocycles. The van der Waals surface area contributed by atoms with Crippen molar-refractivity contribution >= 4 is 5.97 Å². The molecule has 0 saturated heterocycles. The number of nitrogens with two attached hydrogens (primary N) is 1. The molecule has 0 fully saturated rings. The van der Waals surface area contributed by atoms with Gasteiger partial charge in [0.05, 0.1) is 6.61 Å². The van der Waals surface area contributed by atoms with Crippen LogP contribution in [0.5, 0.6) is 0 Å². The van der Waals surface area contributed by atoms with Gasteiger partial charge in [0.15, 0.2) is 5.41 Å². The van der Waals surface area contributed by atoms with E-state index < -0.39 is 24.2 Å². The number of carboxylic acids is 1. The first-order chi connectivity index (χ1) is 5.25. The highest BCUT2D eigenvalue weighted by Crippen LogP contribution is 2.38. The summed E-state index contributed by atoms with van der Waals surface area (Å²) in [6.07, 6.45) is -4.88. The smallest absolute Gasteiger partial charge is 0.406 e. The quantitative estimate of drug-likeness (QED) is 0.632. The van der Waals surface area contributed by atoms with Gasteiger partial charge >= 0.3 is 12.1 Å². The average Bonchev–Trinajstić information content (AvgIpc) is 1.85. The molecule has 12 heavy (non-hydrogen) atoms. The predicted octanol–water partition coefficient (Wildman–Crippen LogP) is 0.530. The first-order valence-corrected chi connectivity index (χ1v) is 2.87. The summed E-state index contributed by atoms with van der Waals surface area (Å²) in [5.74, 6) is 2.37. The number of carbonyl (C=O) groups is 1. The summed E-state index contributed by atoms with van der Waals surface area (Å²) in [4.78, 5) is 13.9. The maximum absolute atomic E-state index is 12.0. The lowest BCUT2D eigenvalue weighted by Crippen LogP contribution is -2.46. The molecule has 0 aliphatic carbocycles. The lowest BCUT2D eigenvalue weighted by atomic mass is 9.91. The Kier molecular flexibility index (Phi) is 3.05. The summed E-state index contributed by atoms with van der Waals surface area (Å²) in [5, 5.41) is 8.24. The molecular weight excluding hydrogens is 179 g/mol. The van der Waals surface area contributed by atoms with E-state index in [9.17, 15) is 18.0 Å². The number of alkyl halides is 3. The number of carboxylic acid groups (broad SMARTS) is 1. The van der Waals surface area contributed by atoms with Crippen molar-refractivity contribution in [1.82, 2.24) is 0 Å². The van der Waals surface area contributed by atoms with Gasteiger partial charge in [0, 0.05) is 0 Å². The van der Waals surface area contributed by atoms with Crippen molar-refractivity contribution in [2.75, 3.05) is 6.61 Å². The summed E-state index contributed by atoms with van der Waals surface area (Å²) in [6.45, 7) is -0.603. The molecule has 0 bridgehead atoms. The Morgan fingerprint density at radius 2 is 2.00 bits per heavy atom. The van der Waals surface area contributed by atoms with Crippen LogP contribution in [0.15, 0.2) is 0 Å². The number of halogens is 3. The van der Waals surface area contributed by atoms with Gasteiger partial charge in [-0.15, -0.1) is 0 Å². The maximum atomic E-state index is 12.0. The van der Waals surface area contributed by atoms with Crippen LogP contribution < -0.4 is 5.90 Å². The molecule has 0 amide bonds. The maximum Gasteiger partial charge on any atom is 0.406 e. The lowest BCUT2D eigenvalue weighted by Gasteiger charge is -2.25. The molecule has 3 N–H and O–H groups in total. The molecule has 0 saturated carbocycles. The fourth-order valence-corrected chi connectivity index (χ4v) is 0.431. The van der Waals surface area contributed by atoms with Crippen molar-refractivity contribution in [2.24, 2.45) is 11.3 Å². The molecule has 0 aromatic carbocycles. The van der Waals surface area contributed by atoms with E-state index in [4.69, 9.17) is 5.11 Å². The minimum atomic E-state index is -4.88. The van der Waals surface area contributed by atoms with Gasteiger partial charge in [-0.2, -0.15) is 13.2 Å². The molecular formula is C5H8F3NO3. The van der Waals surface area contributed by atoms with Crippen LogP contribution in [-0.4, -0.2) is 23.9 Å². The topological polar surface area (TPSA) is 72.5 Å². The molecule has 1 unspecified atom stereocenters. The minimum absolute atomic E-state index is 0.502. The third-order valence-electron chi connectivity index (χ3n) is 1.47. The Bertz CT molecular complexity index is 181. The zero-order valence-electron chi connectivity index (χ0n) is 6.18. The largest absolute Gasteiger partial charge is 0.481 e. The Morgan fingerprint density at radius 3 is 2.08 bits per heavy atom. The van der Waals surface area contributed by atoms with Crippen molar-refractivity contribution < 1.29 is 27.9 Å². The van der Waals surface area contributed by atoms with Crippen LogP contribution in [0.25, 0.3) is 0 Å². The number of hydrogen-bond donors (Lipinski definition) is 2.